The highest BCUT2D eigenvalue weighted by molar-refractivity contribution is 14.0. The summed E-state index contributed by atoms with van der Waals surface area (Å²) in [5, 5.41) is 14.8. The maximum Gasteiger partial charge on any atom is 0.191 e. The molecule has 6 nitrogen and oxygen atoms in total. The zero-order valence-electron chi connectivity index (χ0n) is 14.9. The fraction of sp³-hybridized carbons (Fsp3) is 0.278. The lowest BCUT2D eigenvalue weighted by Gasteiger charge is -2.11. The van der Waals surface area contributed by atoms with E-state index in [1.54, 1.807) is 23.9 Å². The van der Waals surface area contributed by atoms with Crippen molar-refractivity contribution < 1.29 is 4.39 Å². The molecule has 0 aliphatic carbocycles. The Bertz CT molecular complexity index is 868. The topological polar surface area (TPSA) is 66.6 Å². The van der Waals surface area contributed by atoms with E-state index in [1.165, 1.54) is 12.1 Å². The summed E-state index contributed by atoms with van der Waals surface area (Å²) >= 11 is 1.67. The van der Waals surface area contributed by atoms with Gasteiger partial charge < -0.3 is 10.6 Å². The predicted octanol–water partition coefficient (Wildman–Crippen LogP) is 3.33. The number of fused-ring (bicyclic) bond motifs is 1. The third kappa shape index (κ3) is 6.35. The van der Waals surface area contributed by atoms with Crippen LogP contribution < -0.4 is 10.6 Å². The summed E-state index contributed by atoms with van der Waals surface area (Å²) in [6.07, 6.45) is 1.93. The van der Waals surface area contributed by atoms with Gasteiger partial charge in [-0.1, -0.05) is 6.07 Å². The van der Waals surface area contributed by atoms with Crippen LogP contribution >= 0.6 is 35.7 Å². The molecule has 0 fully saturated rings. The Kier molecular flexibility index (Phi) is 8.79. The average molecular weight is 500 g/mol. The van der Waals surface area contributed by atoms with E-state index in [9.17, 15) is 4.39 Å². The second-order valence-corrected chi connectivity index (χ2v) is 6.64. The summed E-state index contributed by atoms with van der Waals surface area (Å²) in [5.41, 5.74) is 0.811. The number of aromatic nitrogens is 3. The molecule has 144 valence electrons. The molecule has 9 heteroatoms. The van der Waals surface area contributed by atoms with Gasteiger partial charge in [0.1, 0.15) is 12.4 Å². The number of rotatable bonds is 7. The van der Waals surface area contributed by atoms with Crippen LogP contribution in [0.4, 0.5) is 4.39 Å². The lowest BCUT2D eigenvalue weighted by Crippen LogP contribution is -2.38. The molecular formula is C18H22FIN6S. The number of halogens is 2. The summed E-state index contributed by atoms with van der Waals surface area (Å²) < 4.78 is 14.8. The summed E-state index contributed by atoms with van der Waals surface area (Å²) in [7, 11) is 0. The van der Waals surface area contributed by atoms with E-state index in [1.807, 2.05) is 35.7 Å². The van der Waals surface area contributed by atoms with Crippen LogP contribution in [0.25, 0.3) is 5.65 Å². The fourth-order valence-corrected chi connectivity index (χ4v) is 3.13. The van der Waals surface area contributed by atoms with Crippen LogP contribution in [0.15, 0.2) is 58.5 Å². The quantitative estimate of drug-likeness (QED) is 0.171. The Hall–Kier alpha value is -1.88. The van der Waals surface area contributed by atoms with Crippen LogP contribution in [-0.4, -0.2) is 39.4 Å². The minimum absolute atomic E-state index is 0. The van der Waals surface area contributed by atoms with Crippen LogP contribution in [0.2, 0.25) is 0 Å². The van der Waals surface area contributed by atoms with E-state index in [0.29, 0.717) is 6.54 Å². The van der Waals surface area contributed by atoms with Gasteiger partial charge >= 0.3 is 0 Å². The molecule has 27 heavy (non-hydrogen) atoms. The maximum atomic E-state index is 12.9. The number of guanidine groups is 1. The number of nitrogens with one attached hydrogen (secondary N) is 2. The highest BCUT2D eigenvalue weighted by Gasteiger charge is 2.04. The monoisotopic (exact) mass is 500 g/mol. The number of hydrogen-bond donors (Lipinski definition) is 2. The van der Waals surface area contributed by atoms with Crippen molar-refractivity contribution >= 4 is 47.3 Å². The average Bonchev–Trinajstić information content (AvgIpc) is 3.08. The lowest BCUT2D eigenvalue weighted by atomic mass is 10.4. The van der Waals surface area contributed by atoms with Gasteiger partial charge in [-0.05, 0) is 43.3 Å². The first-order valence-corrected chi connectivity index (χ1v) is 9.44. The molecule has 2 aromatic heterocycles. The van der Waals surface area contributed by atoms with Crippen molar-refractivity contribution in [2.75, 3.05) is 18.8 Å². The van der Waals surface area contributed by atoms with E-state index in [0.717, 1.165) is 41.2 Å². The minimum Gasteiger partial charge on any atom is -0.357 e. The largest absolute Gasteiger partial charge is 0.357 e. The Morgan fingerprint density at radius 1 is 1.15 bits per heavy atom. The highest BCUT2D eigenvalue weighted by Crippen LogP contribution is 2.17. The van der Waals surface area contributed by atoms with Crippen LogP contribution in [0.5, 0.6) is 0 Å². The van der Waals surface area contributed by atoms with Gasteiger partial charge in [0.05, 0.1) is 0 Å². The molecule has 3 aromatic rings. The second kappa shape index (κ2) is 11.1. The van der Waals surface area contributed by atoms with Crippen LogP contribution in [0.1, 0.15) is 12.7 Å². The minimum atomic E-state index is -0.213. The molecule has 0 amide bonds. The van der Waals surface area contributed by atoms with Crippen molar-refractivity contribution in [1.82, 2.24) is 25.2 Å². The third-order valence-electron chi connectivity index (χ3n) is 3.58. The SMILES string of the molecule is CCNC(=NCc1nnc2ccccn12)NCCSc1ccc(F)cc1.I. The first kappa shape index (κ1) is 21.4. The van der Waals surface area contributed by atoms with Gasteiger partial charge in [-0.2, -0.15) is 0 Å². The van der Waals surface area contributed by atoms with Gasteiger partial charge in [0.15, 0.2) is 17.4 Å². The number of pyridine rings is 1. The van der Waals surface area contributed by atoms with E-state index in [4.69, 9.17) is 0 Å². The lowest BCUT2D eigenvalue weighted by molar-refractivity contribution is 0.626. The van der Waals surface area contributed by atoms with Crippen molar-refractivity contribution in [1.29, 1.82) is 0 Å². The smallest absolute Gasteiger partial charge is 0.191 e. The maximum absolute atomic E-state index is 12.9. The van der Waals surface area contributed by atoms with Gasteiger partial charge in [0, 0.05) is 29.9 Å². The first-order chi connectivity index (χ1) is 12.8. The molecule has 0 saturated heterocycles. The van der Waals surface area contributed by atoms with Crippen molar-refractivity contribution in [2.24, 2.45) is 4.99 Å². The number of benzene rings is 1. The molecule has 2 N–H and O–H groups in total. The molecule has 0 aliphatic heterocycles. The van der Waals surface area contributed by atoms with Crippen LogP contribution in [0, 0.1) is 5.82 Å². The van der Waals surface area contributed by atoms with Gasteiger partial charge in [0.2, 0.25) is 0 Å². The number of aliphatic imine (C=N–C) groups is 1. The van der Waals surface area contributed by atoms with E-state index in [2.05, 4.69) is 25.8 Å². The van der Waals surface area contributed by atoms with Gasteiger partial charge in [-0.3, -0.25) is 4.40 Å². The highest BCUT2D eigenvalue weighted by atomic mass is 127. The van der Waals surface area contributed by atoms with Crippen molar-refractivity contribution in [3.8, 4) is 0 Å². The molecule has 0 atom stereocenters. The van der Waals surface area contributed by atoms with Crippen LogP contribution in [0.3, 0.4) is 0 Å². The van der Waals surface area contributed by atoms with E-state index >= 15 is 0 Å². The number of thioether (sulfide) groups is 1. The molecule has 0 spiro atoms. The van der Waals surface area contributed by atoms with Gasteiger partial charge in [0.25, 0.3) is 0 Å². The van der Waals surface area contributed by atoms with Crippen molar-refractivity contribution in [2.45, 2.75) is 18.4 Å². The Morgan fingerprint density at radius 3 is 2.74 bits per heavy atom. The molecule has 2 heterocycles. The fourth-order valence-electron chi connectivity index (χ4n) is 2.36. The summed E-state index contributed by atoms with van der Waals surface area (Å²) in [5.74, 6) is 2.16. The summed E-state index contributed by atoms with van der Waals surface area (Å²) in [4.78, 5) is 5.62. The first-order valence-electron chi connectivity index (χ1n) is 8.45. The Labute approximate surface area is 179 Å². The molecule has 1 aromatic carbocycles. The number of hydrogen-bond acceptors (Lipinski definition) is 4. The normalized spacial score (nSPS) is 11.3. The van der Waals surface area contributed by atoms with Gasteiger partial charge in [-0.25, -0.2) is 9.38 Å². The zero-order chi connectivity index (χ0) is 18.2. The summed E-state index contributed by atoms with van der Waals surface area (Å²) in [6.45, 7) is 3.98. The molecule has 0 saturated carbocycles. The number of nitrogens with zero attached hydrogens (tertiary/aromatic N) is 4. The predicted molar refractivity (Wildman–Crippen MR) is 118 cm³/mol. The third-order valence-corrected chi connectivity index (χ3v) is 4.60. The standard InChI is InChI=1S/C18H21FN6S.HI/c1-2-20-18(21-10-12-26-15-8-6-14(19)7-9-15)22-13-17-24-23-16-5-3-4-11-25(16)17;/h3-9,11H,2,10,12-13H2,1H3,(H2,20,21,22);1H. The Morgan fingerprint density at radius 2 is 1.96 bits per heavy atom. The molecule has 0 bridgehead atoms. The molecule has 0 radical (unpaired) electrons. The molecule has 0 aliphatic rings. The van der Waals surface area contributed by atoms with Crippen molar-refractivity contribution in [3.63, 3.8) is 0 Å². The van der Waals surface area contributed by atoms with Crippen molar-refractivity contribution in [3.05, 3.63) is 60.3 Å². The molecular weight excluding hydrogens is 478 g/mol. The molecule has 0 unspecified atom stereocenters. The second-order valence-electron chi connectivity index (χ2n) is 5.47. The van der Waals surface area contributed by atoms with E-state index < -0.39 is 0 Å². The zero-order valence-corrected chi connectivity index (χ0v) is 18.1. The molecule has 3 rings (SSSR count). The van der Waals surface area contributed by atoms with Crippen LogP contribution in [-0.2, 0) is 6.54 Å². The summed E-state index contributed by atoms with van der Waals surface area (Å²) in [6, 6.07) is 12.3. The Balaban J connectivity index is 0.00000261. The van der Waals surface area contributed by atoms with Gasteiger partial charge in [-0.15, -0.1) is 45.9 Å². The van der Waals surface area contributed by atoms with E-state index in [-0.39, 0.29) is 29.8 Å².